The molecular weight excluding hydrogens is 244 g/mol. The number of benzene rings is 1. The molecule has 0 radical (unpaired) electrons. The minimum absolute atomic E-state index is 0.587. The number of nitrogens with one attached hydrogen (secondary N) is 1. The molecular formula is C18H28N2. The molecule has 2 aliphatic rings. The molecule has 1 N–H and O–H groups in total. The van der Waals surface area contributed by atoms with Gasteiger partial charge in [0.1, 0.15) is 0 Å². The van der Waals surface area contributed by atoms with Crippen LogP contribution >= 0.6 is 0 Å². The SMILES string of the molecule is CC1CN(c2cccc3c2CCCC3)C(C(C)C)CN1. The molecule has 2 heteroatoms. The third-order valence-corrected chi connectivity index (χ3v) is 5.00. The summed E-state index contributed by atoms with van der Waals surface area (Å²) in [6, 6.07) is 8.18. The van der Waals surface area contributed by atoms with Crippen molar-refractivity contribution in [2.24, 2.45) is 5.92 Å². The Labute approximate surface area is 123 Å². The Hall–Kier alpha value is -1.02. The van der Waals surface area contributed by atoms with Crippen molar-refractivity contribution in [1.29, 1.82) is 0 Å². The van der Waals surface area contributed by atoms with E-state index in [0.717, 1.165) is 13.1 Å². The van der Waals surface area contributed by atoms with E-state index in [1.54, 1.807) is 11.1 Å². The smallest absolute Gasteiger partial charge is 0.0438 e. The fourth-order valence-corrected chi connectivity index (χ4v) is 3.83. The first-order chi connectivity index (χ1) is 9.66. The predicted molar refractivity (Wildman–Crippen MR) is 86.5 cm³/mol. The quantitative estimate of drug-likeness (QED) is 0.888. The Bertz CT molecular complexity index is 466. The van der Waals surface area contributed by atoms with Crippen LogP contribution in [0.1, 0.15) is 44.7 Å². The van der Waals surface area contributed by atoms with E-state index in [1.165, 1.54) is 31.4 Å². The lowest BCUT2D eigenvalue weighted by Gasteiger charge is -2.44. The second kappa shape index (κ2) is 5.77. The van der Waals surface area contributed by atoms with Gasteiger partial charge >= 0.3 is 0 Å². The second-order valence-electron chi connectivity index (χ2n) is 6.89. The molecule has 110 valence electrons. The van der Waals surface area contributed by atoms with Gasteiger partial charge in [0.2, 0.25) is 0 Å². The molecule has 2 nitrogen and oxygen atoms in total. The maximum atomic E-state index is 3.65. The summed E-state index contributed by atoms with van der Waals surface area (Å²) in [7, 11) is 0. The van der Waals surface area contributed by atoms with E-state index < -0.39 is 0 Å². The van der Waals surface area contributed by atoms with Gasteiger partial charge in [0.25, 0.3) is 0 Å². The van der Waals surface area contributed by atoms with Crippen molar-refractivity contribution in [1.82, 2.24) is 5.32 Å². The summed E-state index contributed by atoms with van der Waals surface area (Å²) in [5.74, 6) is 0.689. The zero-order chi connectivity index (χ0) is 14.1. The summed E-state index contributed by atoms with van der Waals surface area (Å²) < 4.78 is 0. The average Bonchev–Trinajstić information content (AvgIpc) is 2.46. The Morgan fingerprint density at radius 2 is 2.00 bits per heavy atom. The standard InChI is InChI=1S/C18H28N2/c1-13(2)18-11-19-14(3)12-20(18)17-10-6-8-15-7-4-5-9-16(15)17/h6,8,10,13-14,18-19H,4-5,7,9,11-12H2,1-3H3. The lowest BCUT2D eigenvalue weighted by Crippen LogP contribution is -2.57. The zero-order valence-corrected chi connectivity index (χ0v) is 13.2. The van der Waals surface area contributed by atoms with Crippen LogP contribution in [-0.2, 0) is 12.8 Å². The predicted octanol–water partition coefficient (Wildman–Crippen LogP) is 3.39. The van der Waals surface area contributed by atoms with Crippen molar-refractivity contribution in [3.8, 4) is 0 Å². The van der Waals surface area contributed by atoms with Gasteiger partial charge in [-0.05, 0) is 55.7 Å². The van der Waals surface area contributed by atoms with Crippen molar-refractivity contribution >= 4 is 5.69 Å². The Balaban J connectivity index is 1.97. The van der Waals surface area contributed by atoms with Crippen LogP contribution in [0.5, 0.6) is 0 Å². The number of rotatable bonds is 2. The molecule has 0 spiro atoms. The van der Waals surface area contributed by atoms with E-state index in [4.69, 9.17) is 0 Å². The van der Waals surface area contributed by atoms with Crippen molar-refractivity contribution in [3.05, 3.63) is 29.3 Å². The highest BCUT2D eigenvalue weighted by Gasteiger charge is 2.30. The van der Waals surface area contributed by atoms with Gasteiger partial charge in [-0.1, -0.05) is 26.0 Å². The molecule has 1 heterocycles. The third kappa shape index (κ3) is 2.58. The van der Waals surface area contributed by atoms with Gasteiger partial charge in [-0.2, -0.15) is 0 Å². The topological polar surface area (TPSA) is 15.3 Å². The summed E-state index contributed by atoms with van der Waals surface area (Å²) in [6.45, 7) is 9.26. The number of hydrogen-bond donors (Lipinski definition) is 1. The van der Waals surface area contributed by atoms with Crippen LogP contribution in [0.15, 0.2) is 18.2 Å². The van der Waals surface area contributed by atoms with E-state index in [0.29, 0.717) is 18.0 Å². The molecule has 1 saturated heterocycles. The van der Waals surface area contributed by atoms with E-state index in [1.807, 2.05) is 0 Å². The monoisotopic (exact) mass is 272 g/mol. The normalized spacial score (nSPS) is 26.7. The van der Waals surface area contributed by atoms with Gasteiger partial charge in [0, 0.05) is 30.9 Å². The molecule has 2 atom stereocenters. The Morgan fingerprint density at radius 3 is 2.80 bits per heavy atom. The van der Waals surface area contributed by atoms with Crippen molar-refractivity contribution < 1.29 is 0 Å². The van der Waals surface area contributed by atoms with Gasteiger partial charge in [-0.25, -0.2) is 0 Å². The molecule has 1 fully saturated rings. The minimum Gasteiger partial charge on any atom is -0.365 e. The highest BCUT2D eigenvalue weighted by Crippen LogP contribution is 2.33. The molecule has 0 bridgehead atoms. The Kier molecular flexibility index (Phi) is 4.02. The van der Waals surface area contributed by atoms with E-state index >= 15 is 0 Å². The largest absolute Gasteiger partial charge is 0.365 e. The maximum absolute atomic E-state index is 3.65. The maximum Gasteiger partial charge on any atom is 0.0438 e. The number of piperazine rings is 1. The van der Waals surface area contributed by atoms with Crippen molar-refractivity contribution in [3.63, 3.8) is 0 Å². The van der Waals surface area contributed by atoms with E-state index in [-0.39, 0.29) is 0 Å². The number of aryl methyl sites for hydroxylation is 1. The summed E-state index contributed by atoms with van der Waals surface area (Å²) in [4.78, 5) is 2.69. The van der Waals surface area contributed by atoms with Crippen LogP contribution in [0.25, 0.3) is 0 Å². The summed E-state index contributed by atoms with van der Waals surface area (Å²) in [5, 5.41) is 3.65. The molecule has 20 heavy (non-hydrogen) atoms. The van der Waals surface area contributed by atoms with Crippen LogP contribution < -0.4 is 10.2 Å². The van der Waals surface area contributed by atoms with Gasteiger partial charge in [-0.15, -0.1) is 0 Å². The van der Waals surface area contributed by atoms with Crippen molar-refractivity contribution in [2.45, 2.75) is 58.5 Å². The minimum atomic E-state index is 0.587. The lowest BCUT2D eigenvalue weighted by atomic mass is 9.88. The third-order valence-electron chi connectivity index (χ3n) is 5.00. The lowest BCUT2D eigenvalue weighted by molar-refractivity contribution is 0.348. The molecule has 1 aliphatic carbocycles. The fraction of sp³-hybridized carbons (Fsp3) is 0.667. The first kappa shape index (κ1) is 13.9. The molecule has 0 saturated carbocycles. The van der Waals surface area contributed by atoms with Crippen LogP contribution in [0.3, 0.4) is 0 Å². The number of fused-ring (bicyclic) bond motifs is 1. The first-order valence-electron chi connectivity index (χ1n) is 8.27. The highest BCUT2D eigenvalue weighted by atomic mass is 15.2. The van der Waals surface area contributed by atoms with Gasteiger partial charge in [0.05, 0.1) is 0 Å². The number of anilines is 1. The fourth-order valence-electron chi connectivity index (χ4n) is 3.83. The molecule has 1 aliphatic heterocycles. The highest BCUT2D eigenvalue weighted by molar-refractivity contribution is 5.59. The van der Waals surface area contributed by atoms with Gasteiger partial charge < -0.3 is 10.2 Å². The average molecular weight is 272 g/mol. The van der Waals surface area contributed by atoms with Crippen LogP contribution in [0.4, 0.5) is 5.69 Å². The van der Waals surface area contributed by atoms with Crippen LogP contribution in [0.2, 0.25) is 0 Å². The molecule has 2 unspecified atom stereocenters. The summed E-state index contributed by atoms with van der Waals surface area (Å²) in [6.07, 6.45) is 5.27. The van der Waals surface area contributed by atoms with Crippen LogP contribution in [0, 0.1) is 5.92 Å². The first-order valence-corrected chi connectivity index (χ1v) is 8.27. The van der Waals surface area contributed by atoms with Crippen molar-refractivity contribution in [2.75, 3.05) is 18.0 Å². The Morgan fingerprint density at radius 1 is 1.20 bits per heavy atom. The number of hydrogen-bond acceptors (Lipinski definition) is 2. The van der Waals surface area contributed by atoms with Crippen LogP contribution in [-0.4, -0.2) is 25.2 Å². The van der Waals surface area contributed by atoms with E-state index in [9.17, 15) is 0 Å². The summed E-state index contributed by atoms with van der Waals surface area (Å²) in [5.41, 5.74) is 4.76. The molecule has 1 aromatic rings. The summed E-state index contributed by atoms with van der Waals surface area (Å²) >= 11 is 0. The van der Waals surface area contributed by atoms with Gasteiger partial charge in [-0.3, -0.25) is 0 Å². The molecule has 0 aromatic heterocycles. The number of nitrogens with zero attached hydrogens (tertiary/aromatic N) is 1. The molecule has 3 rings (SSSR count). The second-order valence-corrected chi connectivity index (χ2v) is 6.89. The van der Waals surface area contributed by atoms with Gasteiger partial charge in [0.15, 0.2) is 0 Å². The van der Waals surface area contributed by atoms with E-state index in [2.05, 4.69) is 49.2 Å². The zero-order valence-electron chi connectivity index (χ0n) is 13.2. The molecule has 0 amide bonds. The molecule has 1 aromatic carbocycles.